The van der Waals surface area contributed by atoms with E-state index >= 15 is 0 Å². The molecule has 4 nitrogen and oxygen atoms in total. The van der Waals surface area contributed by atoms with Crippen molar-refractivity contribution in [2.24, 2.45) is 5.92 Å². The Labute approximate surface area is 146 Å². The molecule has 1 amide bonds. The molecule has 1 saturated heterocycles. The summed E-state index contributed by atoms with van der Waals surface area (Å²) in [5.74, 6) is -0.599. The summed E-state index contributed by atoms with van der Waals surface area (Å²) in [6.07, 6.45) is 0.167. The van der Waals surface area contributed by atoms with Crippen molar-refractivity contribution in [3.8, 4) is 5.75 Å². The highest BCUT2D eigenvalue weighted by Crippen LogP contribution is 2.30. The van der Waals surface area contributed by atoms with Crippen molar-refractivity contribution in [2.45, 2.75) is 19.4 Å². The average Bonchev–Trinajstić information content (AvgIpc) is 2.99. The first kappa shape index (κ1) is 16.5. The van der Waals surface area contributed by atoms with Crippen molar-refractivity contribution < 1.29 is 14.3 Å². The molecular weight excluding hydrogens is 326 g/mol. The van der Waals surface area contributed by atoms with Gasteiger partial charge in [0.25, 0.3) is 0 Å². The molecule has 1 aliphatic heterocycles. The maximum atomic E-state index is 12.4. The fraction of sp³-hybridized carbons (Fsp3) is 0.263. The van der Waals surface area contributed by atoms with Gasteiger partial charge in [-0.05, 0) is 24.6 Å². The lowest BCUT2D eigenvalue weighted by atomic mass is 10.1. The second-order valence-corrected chi connectivity index (χ2v) is 6.29. The van der Waals surface area contributed by atoms with Crippen molar-refractivity contribution in [1.29, 1.82) is 0 Å². The van der Waals surface area contributed by atoms with Crippen LogP contribution in [0.3, 0.4) is 0 Å². The van der Waals surface area contributed by atoms with Gasteiger partial charge in [-0.1, -0.05) is 54.1 Å². The second-order valence-electron chi connectivity index (χ2n) is 5.89. The van der Waals surface area contributed by atoms with Gasteiger partial charge in [0.15, 0.2) is 0 Å². The van der Waals surface area contributed by atoms with Gasteiger partial charge in [-0.3, -0.25) is 9.59 Å². The van der Waals surface area contributed by atoms with E-state index in [4.69, 9.17) is 16.3 Å². The zero-order chi connectivity index (χ0) is 17.1. The molecule has 0 spiro atoms. The minimum absolute atomic E-state index is 0.0348. The van der Waals surface area contributed by atoms with E-state index < -0.39 is 11.9 Å². The Morgan fingerprint density at radius 2 is 1.83 bits per heavy atom. The van der Waals surface area contributed by atoms with E-state index in [0.29, 0.717) is 17.3 Å². The molecule has 0 radical (unpaired) electrons. The summed E-state index contributed by atoms with van der Waals surface area (Å²) in [7, 11) is 0. The second kappa shape index (κ2) is 7.05. The van der Waals surface area contributed by atoms with Crippen molar-refractivity contribution in [1.82, 2.24) is 4.90 Å². The molecule has 1 aliphatic rings. The third-order valence-electron chi connectivity index (χ3n) is 4.29. The molecule has 0 aliphatic carbocycles. The molecule has 1 fully saturated rings. The van der Waals surface area contributed by atoms with Crippen molar-refractivity contribution >= 4 is 23.5 Å². The molecule has 124 valence electrons. The Morgan fingerprint density at radius 3 is 2.54 bits per heavy atom. The Kier molecular flexibility index (Phi) is 4.86. The van der Waals surface area contributed by atoms with Gasteiger partial charge >= 0.3 is 5.97 Å². The first-order valence-corrected chi connectivity index (χ1v) is 8.24. The number of carbonyl (C=O) groups is 2. The van der Waals surface area contributed by atoms with E-state index in [1.807, 2.05) is 37.3 Å². The van der Waals surface area contributed by atoms with E-state index in [-0.39, 0.29) is 18.4 Å². The highest BCUT2D eigenvalue weighted by atomic mass is 35.5. The van der Waals surface area contributed by atoms with Crippen LogP contribution in [0.5, 0.6) is 5.75 Å². The lowest BCUT2D eigenvalue weighted by Crippen LogP contribution is -2.30. The fourth-order valence-electron chi connectivity index (χ4n) is 2.89. The van der Waals surface area contributed by atoms with Crippen LogP contribution < -0.4 is 4.74 Å². The van der Waals surface area contributed by atoms with Gasteiger partial charge < -0.3 is 9.64 Å². The number of hydrogen-bond donors (Lipinski definition) is 0. The summed E-state index contributed by atoms with van der Waals surface area (Å²) < 4.78 is 5.36. The number of amides is 1. The van der Waals surface area contributed by atoms with E-state index in [0.717, 1.165) is 5.56 Å². The highest BCUT2D eigenvalue weighted by molar-refractivity contribution is 6.32. The van der Waals surface area contributed by atoms with E-state index in [9.17, 15) is 9.59 Å². The number of esters is 1. The summed E-state index contributed by atoms with van der Waals surface area (Å²) >= 11 is 6.01. The number of ether oxygens (including phenoxy) is 1. The standard InChI is InChI=1S/C19H18ClNO3/c1-13(14-7-3-2-4-8-14)21-12-15(11-18(21)22)19(23)24-17-10-6-5-9-16(17)20/h2-10,13,15H,11-12H2,1H3/t13-,15-/m0/s1. The molecule has 1 heterocycles. The number of hydrogen-bond acceptors (Lipinski definition) is 3. The van der Waals surface area contributed by atoms with Crippen LogP contribution in [-0.2, 0) is 9.59 Å². The van der Waals surface area contributed by atoms with Crippen LogP contribution in [0.2, 0.25) is 5.02 Å². The van der Waals surface area contributed by atoms with E-state index in [1.165, 1.54) is 0 Å². The first-order valence-electron chi connectivity index (χ1n) is 7.87. The number of rotatable bonds is 4. The van der Waals surface area contributed by atoms with Crippen molar-refractivity contribution in [2.75, 3.05) is 6.54 Å². The molecule has 5 heteroatoms. The Hall–Kier alpha value is -2.33. The van der Waals surface area contributed by atoms with Gasteiger partial charge in [0.05, 0.1) is 17.0 Å². The summed E-state index contributed by atoms with van der Waals surface area (Å²) in [5.41, 5.74) is 1.05. The van der Waals surface area contributed by atoms with Crippen LogP contribution in [0.4, 0.5) is 0 Å². The first-order chi connectivity index (χ1) is 11.6. The van der Waals surface area contributed by atoms with Crippen molar-refractivity contribution in [3.05, 3.63) is 65.2 Å². The van der Waals surface area contributed by atoms with Gasteiger partial charge in [0, 0.05) is 13.0 Å². The third-order valence-corrected chi connectivity index (χ3v) is 4.60. The Bertz CT molecular complexity index is 747. The van der Waals surface area contributed by atoms with Gasteiger partial charge in [-0.25, -0.2) is 0 Å². The molecule has 0 unspecified atom stereocenters. The molecular formula is C19H18ClNO3. The zero-order valence-electron chi connectivity index (χ0n) is 13.3. The molecule has 2 atom stereocenters. The number of halogens is 1. The topological polar surface area (TPSA) is 46.6 Å². The summed E-state index contributed by atoms with van der Waals surface area (Å²) in [6, 6.07) is 16.5. The SMILES string of the molecule is C[C@@H](c1ccccc1)N1C[C@@H](C(=O)Oc2ccccc2Cl)CC1=O. The summed E-state index contributed by atoms with van der Waals surface area (Å²) in [4.78, 5) is 26.4. The molecule has 2 aromatic rings. The maximum Gasteiger partial charge on any atom is 0.316 e. The smallest absolute Gasteiger partial charge is 0.316 e. The molecule has 0 bridgehead atoms. The number of benzene rings is 2. The van der Waals surface area contributed by atoms with Crippen LogP contribution in [0.15, 0.2) is 54.6 Å². The maximum absolute atomic E-state index is 12.4. The summed E-state index contributed by atoms with van der Waals surface area (Å²) in [5, 5.41) is 0.379. The van der Waals surface area contributed by atoms with Gasteiger partial charge in [-0.2, -0.15) is 0 Å². The lowest BCUT2D eigenvalue weighted by molar-refractivity contribution is -0.139. The molecule has 0 aromatic heterocycles. The lowest BCUT2D eigenvalue weighted by Gasteiger charge is -2.25. The van der Waals surface area contributed by atoms with Gasteiger partial charge in [0.1, 0.15) is 5.75 Å². The molecule has 2 aromatic carbocycles. The minimum atomic E-state index is -0.472. The molecule has 3 rings (SSSR count). The van der Waals surface area contributed by atoms with Crippen LogP contribution in [0, 0.1) is 5.92 Å². The van der Waals surface area contributed by atoms with Crippen molar-refractivity contribution in [3.63, 3.8) is 0 Å². The monoisotopic (exact) mass is 343 g/mol. The van der Waals surface area contributed by atoms with E-state index in [2.05, 4.69) is 0 Å². The zero-order valence-corrected chi connectivity index (χ0v) is 14.1. The molecule has 24 heavy (non-hydrogen) atoms. The number of carbonyl (C=O) groups excluding carboxylic acids is 2. The number of likely N-dealkylation sites (tertiary alicyclic amines) is 1. The van der Waals surface area contributed by atoms with Crippen LogP contribution >= 0.6 is 11.6 Å². The predicted octanol–water partition coefficient (Wildman–Crippen LogP) is 3.86. The quantitative estimate of drug-likeness (QED) is 0.625. The fourth-order valence-corrected chi connectivity index (χ4v) is 3.07. The highest BCUT2D eigenvalue weighted by Gasteiger charge is 2.38. The third kappa shape index (κ3) is 3.44. The number of para-hydroxylation sites is 1. The molecule has 0 N–H and O–H groups in total. The van der Waals surface area contributed by atoms with Crippen LogP contribution in [0.1, 0.15) is 24.9 Å². The molecule has 0 saturated carbocycles. The largest absolute Gasteiger partial charge is 0.425 e. The average molecular weight is 344 g/mol. The van der Waals surface area contributed by atoms with Gasteiger partial charge in [0.2, 0.25) is 5.91 Å². The van der Waals surface area contributed by atoms with Gasteiger partial charge in [-0.15, -0.1) is 0 Å². The Balaban J connectivity index is 1.68. The number of nitrogens with zero attached hydrogens (tertiary/aromatic N) is 1. The normalized spacial score (nSPS) is 18.5. The van der Waals surface area contributed by atoms with Crippen LogP contribution in [-0.4, -0.2) is 23.3 Å². The summed E-state index contributed by atoms with van der Waals surface area (Å²) in [6.45, 7) is 2.33. The van der Waals surface area contributed by atoms with E-state index in [1.54, 1.807) is 29.2 Å². The predicted molar refractivity (Wildman–Crippen MR) is 91.8 cm³/mol. The van der Waals surface area contributed by atoms with Crippen LogP contribution in [0.25, 0.3) is 0 Å². The Morgan fingerprint density at radius 1 is 1.17 bits per heavy atom. The minimum Gasteiger partial charge on any atom is -0.425 e.